The van der Waals surface area contributed by atoms with Gasteiger partial charge < -0.3 is 10.0 Å². The Kier molecular flexibility index (Phi) is 5.62. The van der Waals surface area contributed by atoms with E-state index in [0.29, 0.717) is 17.5 Å². The normalized spacial score (nSPS) is 16.7. The highest BCUT2D eigenvalue weighted by molar-refractivity contribution is 5.88. The zero-order valence-corrected chi connectivity index (χ0v) is 15.9. The van der Waals surface area contributed by atoms with E-state index < -0.39 is 5.97 Å². The molecule has 1 aliphatic heterocycles. The number of carboxylic acids is 1. The molecule has 1 saturated heterocycles. The molecule has 1 aliphatic rings. The molecular formula is C22H28N2O2. The SMILES string of the molecule is CC(C)c1ccc(C(C)N2CCN(c3ccc(C(=O)O)cc3)CC2)cc1. The lowest BCUT2D eigenvalue weighted by atomic mass is 9.99. The quantitative estimate of drug-likeness (QED) is 0.867. The fourth-order valence-electron chi connectivity index (χ4n) is 3.55. The molecule has 4 nitrogen and oxygen atoms in total. The first kappa shape index (κ1) is 18.5. The monoisotopic (exact) mass is 352 g/mol. The molecule has 0 spiro atoms. The van der Waals surface area contributed by atoms with Crippen LogP contribution in [0, 0.1) is 0 Å². The lowest BCUT2D eigenvalue weighted by Crippen LogP contribution is -2.47. The maximum atomic E-state index is 11.0. The summed E-state index contributed by atoms with van der Waals surface area (Å²) in [5.41, 5.74) is 4.19. The summed E-state index contributed by atoms with van der Waals surface area (Å²) in [4.78, 5) is 15.8. The van der Waals surface area contributed by atoms with Crippen molar-refractivity contribution in [3.05, 3.63) is 65.2 Å². The van der Waals surface area contributed by atoms with E-state index >= 15 is 0 Å². The second-order valence-corrected chi connectivity index (χ2v) is 7.37. The van der Waals surface area contributed by atoms with Crippen LogP contribution < -0.4 is 4.90 Å². The highest BCUT2D eigenvalue weighted by atomic mass is 16.4. The number of aromatic carboxylic acids is 1. The van der Waals surface area contributed by atoms with E-state index in [-0.39, 0.29) is 0 Å². The summed E-state index contributed by atoms with van der Waals surface area (Å²) in [5, 5.41) is 9.02. The molecule has 0 amide bonds. The first-order valence-electron chi connectivity index (χ1n) is 9.38. The minimum atomic E-state index is -0.876. The van der Waals surface area contributed by atoms with Crippen LogP contribution in [0.3, 0.4) is 0 Å². The van der Waals surface area contributed by atoms with Crippen molar-refractivity contribution in [1.82, 2.24) is 4.90 Å². The third-order valence-corrected chi connectivity index (χ3v) is 5.43. The highest BCUT2D eigenvalue weighted by Gasteiger charge is 2.22. The van der Waals surface area contributed by atoms with Crippen molar-refractivity contribution in [2.24, 2.45) is 0 Å². The Morgan fingerprint density at radius 2 is 1.38 bits per heavy atom. The molecule has 0 radical (unpaired) electrons. The minimum Gasteiger partial charge on any atom is -0.478 e. The van der Waals surface area contributed by atoms with Gasteiger partial charge in [0.1, 0.15) is 0 Å². The Morgan fingerprint density at radius 3 is 1.88 bits per heavy atom. The molecule has 3 rings (SSSR count). The van der Waals surface area contributed by atoms with Gasteiger partial charge in [-0.2, -0.15) is 0 Å². The van der Waals surface area contributed by atoms with Crippen LogP contribution in [0.4, 0.5) is 5.69 Å². The number of hydrogen-bond acceptors (Lipinski definition) is 3. The molecule has 26 heavy (non-hydrogen) atoms. The van der Waals surface area contributed by atoms with Gasteiger partial charge in [-0.25, -0.2) is 4.79 Å². The van der Waals surface area contributed by atoms with Crippen LogP contribution in [0.5, 0.6) is 0 Å². The van der Waals surface area contributed by atoms with Crippen LogP contribution in [-0.4, -0.2) is 42.2 Å². The van der Waals surface area contributed by atoms with E-state index in [1.807, 2.05) is 12.1 Å². The Balaban J connectivity index is 1.59. The van der Waals surface area contributed by atoms with Crippen LogP contribution in [0.25, 0.3) is 0 Å². The number of carboxylic acid groups (broad SMARTS) is 1. The zero-order chi connectivity index (χ0) is 18.7. The number of carbonyl (C=O) groups is 1. The van der Waals surface area contributed by atoms with Crippen LogP contribution in [0.1, 0.15) is 54.2 Å². The number of hydrogen-bond donors (Lipinski definition) is 1. The van der Waals surface area contributed by atoms with Crippen molar-refractivity contribution in [3.8, 4) is 0 Å². The van der Waals surface area contributed by atoms with Crippen molar-refractivity contribution in [2.75, 3.05) is 31.1 Å². The van der Waals surface area contributed by atoms with E-state index in [4.69, 9.17) is 5.11 Å². The van der Waals surface area contributed by atoms with Crippen LogP contribution in [0.15, 0.2) is 48.5 Å². The van der Waals surface area contributed by atoms with Gasteiger partial charge in [-0.05, 0) is 48.2 Å². The van der Waals surface area contributed by atoms with Gasteiger partial charge in [-0.15, -0.1) is 0 Å². The first-order valence-corrected chi connectivity index (χ1v) is 9.38. The van der Waals surface area contributed by atoms with E-state index in [1.165, 1.54) is 11.1 Å². The maximum absolute atomic E-state index is 11.0. The molecule has 138 valence electrons. The van der Waals surface area contributed by atoms with E-state index in [9.17, 15) is 4.79 Å². The van der Waals surface area contributed by atoms with Crippen molar-refractivity contribution in [1.29, 1.82) is 0 Å². The molecule has 0 saturated carbocycles. The molecule has 1 fully saturated rings. The smallest absolute Gasteiger partial charge is 0.335 e. The molecule has 1 unspecified atom stereocenters. The number of benzene rings is 2. The van der Waals surface area contributed by atoms with E-state index in [2.05, 4.69) is 54.8 Å². The predicted octanol–water partition coefficient (Wildman–Crippen LogP) is 4.39. The van der Waals surface area contributed by atoms with Gasteiger partial charge in [0.05, 0.1) is 5.56 Å². The molecule has 4 heteroatoms. The summed E-state index contributed by atoms with van der Waals surface area (Å²) >= 11 is 0. The number of rotatable bonds is 5. The van der Waals surface area contributed by atoms with Gasteiger partial charge in [-0.1, -0.05) is 38.1 Å². The van der Waals surface area contributed by atoms with E-state index in [0.717, 1.165) is 31.9 Å². The fourth-order valence-corrected chi connectivity index (χ4v) is 3.55. The van der Waals surface area contributed by atoms with E-state index in [1.54, 1.807) is 12.1 Å². The van der Waals surface area contributed by atoms with Gasteiger partial charge >= 0.3 is 5.97 Å². The third-order valence-electron chi connectivity index (χ3n) is 5.43. The van der Waals surface area contributed by atoms with Crippen LogP contribution in [0.2, 0.25) is 0 Å². The lowest BCUT2D eigenvalue weighted by Gasteiger charge is -2.39. The maximum Gasteiger partial charge on any atom is 0.335 e. The Bertz CT molecular complexity index is 730. The Hall–Kier alpha value is -2.33. The average Bonchev–Trinajstić information content (AvgIpc) is 2.67. The molecule has 2 aromatic carbocycles. The second-order valence-electron chi connectivity index (χ2n) is 7.37. The molecule has 1 N–H and O–H groups in total. The largest absolute Gasteiger partial charge is 0.478 e. The van der Waals surface area contributed by atoms with Gasteiger partial charge in [0.15, 0.2) is 0 Å². The molecule has 2 aromatic rings. The summed E-state index contributed by atoms with van der Waals surface area (Å²) < 4.78 is 0. The zero-order valence-electron chi connectivity index (χ0n) is 15.9. The number of piperazine rings is 1. The summed E-state index contributed by atoms with van der Waals surface area (Å²) in [5.74, 6) is -0.311. The standard InChI is InChI=1S/C22H28N2O2/c1-16(2)18-4-6-19(7-5-18)17(3)23-12-14-24(15-13-23)21-10-8-20(9-11-21)22(25)26/h4-11,16-17H,12-15H2,1-3H3,(H,25,26). The molecule has 0 aliphatic carbocycles. The van der Waals surface area contributed by atoms with Crippen molar-refractivity contribution >= 4 is 11.7 Å². The van der Waals surface area contributed by atoms with Gasteiger partial charge in [0.25, 0.3) is 0 Å². The van der Waals surface area contributed by atoms with Crippen molar-refractivity contribution < 1.29 is 9.90 Å². The fraction of sp³-hybridized carbons (Fsp3) is 0.409. The molecule has 0 bridgehead atoms. The first-order chi connectivity index (χ1) is 12.5. The van der Waals surface area contributed by atoms with Gasteiger partial charge in [0, 0.05) is 37.9 Å². The molecule has 1 atom stereocenters. The predicted molar refractivity (Wildman–Crippen MR) is 106 cm³/mol. The highest BCUT2D eigenvalue weighted by Crippen LogP contribution is 2.25. The van der Waals surface area contributed by atoms with Gasteiger partial charge in [0.2, 0.25) is 0 Å². The lowest BCUT2D eigenvalue weighted by molar-refractivity contribution is 0.0697. The molecular weight excluding hydrogens is 324 g/mol. The topological polar surface area (TPSA) is 43.8 Å². The third kappa shape index (κ3) is 4.07. The summed E-state index contributed by atoms with van der Waals surface area (Å²) in [6, 6.07) is 16.6. The summed E-state index contributed by atoms with van der Waals surface area (Å²) in [7, 11) is 0. The average molecular weight is 352 g/mol. The number of nitrogens with zero attached hydrogens (tertiary/aromatic N) is 2. The van der Waals surface area contributed by atoms with Crippen molar-refractivity contribution in [3.63, 3.8) is 0 Å². The van der Waals surface area contributed by atoms with Crippen LogP contribution >= 0.6 is 0 Å². The van der Waals surface area contributed by atoms with Crippen LogP contribution in [-0.2, 0) is 0 Å². The van der Waals surface area contributed by atoms with Gasteiger partial charge in [-0.3, -0.25) is 4.90 Å². The minimum absolute atomic E-state index is 0.339. The Labute approximate surface area is 156 Å². The van der Waals surface area contributed by atoms with Crippen molar-refractivity contribution in [2.45, 2.75) is 32.7 Å². The number of anilines is 1. The summed E-state index contributed by atoms with van der Waals surface area (Å²) in [6.07, 6.45) is 0. The molecule has 0 aromatic heterocycles. The second kappa shape index (κ2) is 7.92. The Morgan fingerprint density at radius 1 is 0.846 bits per heavy atom. The summed E-state index contributed by atoms with van der Waals surface area (Å²) in [6.45, 7) is 10.7. The molecule has 1 heterocycles.